The standard InChI is InChI=1S/C10H12N3O/c14-10(9-8-11-4-5-12-9)13-6-2-1-3-7-13/h1,4-5,8H,2-3,6-7H2. The van der Waals surface area contributed by atoms with Crippen LogP contribution in [-0.2, 0) is 0 Å². The summed E-state index contributed by atoms with van der Waals surface area (Å²) in [7, 11) is 0. The number of hydrogen-bond acceptors (Lipinski definition) is 3. The van der Waals surface area contributed by atoms with E-state index in [0.29, 0.717) is 5.69 Å². The molecule has 0 aliphatic carbocycles. The van der Waals surface area contributed by atoms with Crippen LogP contribution < -0.4 is 0 Å². The third kappa shape index (κ3) is 1.89. The molecule has 4 heteroatoms. The summed E-state index contributed by atoms with van der Waals surface area (Å²) in [5.74, 6) is -0.00815. The minimum Gasteiger partial charge on any atom is -0.337 e. The highest BCUT2D eigenvalue weighted by molar-refractivity contribution is 5.92. The van der Waals surface area contributed by atoms with Crippen LogP contribution in [0.25, 0.3) is 0 Å². The third-order valence-electron chi connectivity index (χ3n) is 2.28. The lowest BCUT2D eigenvalue weighted by Gasteiger charge is -2.25. The summed E-state index contributed by atoms with van der Waals surface area (Å²) in [5, 5.41) is 0. The third-order valence-corrected chi connectivity index (χ3v) is 2.28. The van der Waals surface area contributed by atoms with E-state index in [4.69, 9.17) is 0 Å². The minimum atomic E-state index is -0.00815. The number of carbonyl (C=O) groups excluding carboxylic acids is 1. The minimum absolute atomic E-state index is 0.00815. The Hall–Kier alpha value is -1.45. The molecule has 0 bridgehead atoms. The lowest BCUT2D eigenvalue weighted by Crippen LogP contribution is -2.36. The van der Waals surface area contributed by atoms with Gasteiger partial charge in [0.15, 0.2) is 0 Å². The molecule has 4 nitrogen and oxygen atoms in total. The molecule has 1 aromatic rings. The van der Waals surface area contributed by atoms with E-state index in [0.717, 1.165) is 25.9 Å². The van der Waals surface area contributed by atoms with E-state index in [-0.39, 0.29) is 5.91 Å². The molecule has 0 saturated carbocycles. The molecule has 1 amide bonds. The fourth-order valence-corrected chi connectivity index (χ4v) is 1.53. The zero-order chi connectivity index (χ0) is 9.80. The summed E-state index contributed by atoms with van der Waals surface area (Å²) in [4.78, 5) is 21.5. The molecule has 0 unspecified atom stereocenters. The maximum Gasteiger partial charge on any atom is 0.274 e. The largest absolute Gasteiger partial charge is 0.337 e. The first-order chi connectivity index (χ1) is 6.88. The van der Waals surface area contributed by atoms with Crippen LogP contribution in [0.4, 0.5) is 0 Å². The van der Waals surface area contributed by atoms with Crippen molar-refractivity contribution in [3.8, 4) is 0 Å². The fraction of sp³-hybridized carbons (Fsp3) is 0.400. The summed E-state index contributed by atoms with van der Waals surface area (Å²) in [6, 6.07) is 0. The van der Waals surface area contributed by atoms with Crippen molar-refractivity contribution in [3.63, 3.8) is 0 Å². The summed E-state index contributed by atoms with van der Waals surface area (Å²) < 4.78 is 0. The van der Waals surface area contributed by atoms with Crippen molar-refractivity contribution in [2.45, 2.75) is 12.8 Å². The second kappa shape index (κ2) is 4.17. The second-order valence-electron chi connectivity index (χ2n) is 3.25. The van der Waals surface area contributed by atoms with Crippen molar-refractivity contribution in [1.82, 2.24) is 14.9 Å². The van der Waals surface area contributed by atoms with Crippen molar-refractivity contribution in [2.75, 3.05) is 13.1 Å². The SMILES string of the molecule is O=C(c1cnccn1)N1CC[CH]CC1. The van der Waals surface area contributed by atoms with E-state index in [1.165, 1.54) is 6.20 Å². The van der Waals surface area contributed by atoms with Gasteiger partial charge in [-0.2, -0.15) is 0 Å². The number of nitrogens with zero attached hydrogens (tertiary/aromatic N) is 3. The van der Waals surface area contributed by atoms with E-state index in [9.17, 15) is 4.79 Å². The first kappa shape index (κ1) is 9.12. The van der Waals surface area contributed by atoms with Gasteiger partial charge in [0.1, 0.15) is 5.69 Å². The van der Waals surface area contributed by atoms with Gasteiger partial charge in [0, 0.05) is 25.5 Å². The van der Waals surface area contributed by atoms with Gasteiger partial charge < -0.3 is 4.90 Å². The second-order valence-corrected chi connectivity index (χ2v) is 3.25. The monoisotopic (exact) mass is 190 g/mol. The molecule has 14 heavy (non-hydrogen) atoms. The number of carbonyl (C=O) groups is 1. The van der Waals surface area contributed by atoms with Gasteiger partial charge in [0.25, 0.3) is 5.91 Å². The summed E-state index contributed by atoms with van der Waals surface area (Å²) in [6.45, 7) is 1.60. The van der Waals surface area contributed by atoms with Gasteiger partial charge in [-0.25, -0.2) is 4.98 Å². The zero-order valence-electron chi connectivity index (χ0n) is 7.89. The molecule has 1 saturated heterocycles. The average Bonchev–Trinajstić information content (AvgIpc) is 2.30. The highest BCUT2D eigenvalue weighted by atomic mass is 16.2. The van der Waals surface area contributed by atoms with Crippen LogP contribution in [0.1, 0.15) is 23.3 Å². The smallest absolute Gasteiger partial charge is 0.274 e. The van der Waals surface area contributed by atoms with Crippen LogP contribution in [0.5, 0.6) is 0 Å². The van der Waals surface area contributed by atoms with E-state index in [2.05, 4.69) is 16.4 Å². The summed E-state index contributed by atoms with van der Waals surface area (Å²) in [5.41, 5.74) is 0.439. The van der Waals surface area contributed by atoms with E-state index < -0.39 is 0 Å². The van der Waals surface area contributed by atoms with Gasteiger partial charge in [0.05, 0.1) is 6.20 Å². The molecular weight excluding hydrogens is 178 g/mol. The van der Waals surface area contributed by atoms with Crippen molar-refractivity contribution < 1.29 is 4.79 Å². The van der Waals surface area contributed by atoms with Gasteiger partial charge in [-0.15, -0.1) is 0 Å². The van der Waals surface area contributed by atoms with Gasteiger partial charge in [-0.05, 0) is 19.3 Å². The predicted octanol–water partition coefficient (Wildman–Crippen LogP) is 0.917. The average molecular weight is 190 g/mol. The fourth-order valence-electron chi connectivity index (χ4n) is 1.53. The Labute approximate surface area is 83.0 Å². The molecule has 0 N–H and O–H groups in total. The van der Waals surface area contributed by atoms with E-state index in [1.54, 1.807) is 12.4 Å². The first-order valence-corrected chi connectivity index (χ1v) is 4.75. The Balaban J connectivity index is 2.07. The van der Waals surface area contributed by atoms with Crippen LogP contribution >= 0.6 is 0 Å². The number of amides is 1. The lowest BCUT2D eigenvalue weighted by molar-refractivity contribution is 0.0735. The molecule has 1 fully saturated rings. The van der Waals surface area contributed by atoms with Crippen LogP contribution in [0.3, 0.4) is 0 Å². The van der Waals surface area contributed by atoms with Crippen LogP contribution in [0.2, 0.25) is 0 Å². The molecule has 0 aromatic carbocycles. The maximum atomic E-state index is 11.8. The summed E-state index contributed by atoms with van der Waals surface area (Å²) in [6.07, 6.45) is 8.79. The molecular formula is C10H12N3O. The normalized spacial score (nSPS) is 16.7. The molecule has 1 radical (unpaired) electrons. The number of aromatic nitrogens is 2. The molecule has 1 aromatic heterocycles. The quantitative estimate of drug-likeness (QED) is 0.661. The first-order valence-electron chi connectivity index (χ1n) is 4.75. The van der Waals surface area contributed by atoms with Gasteiger partial charge in [0.2, 0.25) is 0 Å². The van der Waals surface area contributed by atoms with Crippen LogP contribution in [0.15, 0.2) is 18.6 Å². The Bertz CT molecular complexity index is 306. The topological polar surface area (TPSA) is 46.1 Å². The van der Waals surface area contributed by atoms with Crippen molar-refractivity contribution in [3.05, 3.63) is 30.7 Å². The van der Waals surface area contributed by atoms with Crippen molar-refractivity contribution in [1.29, 1.82) is 0 Å². The van der Waals surface area contributed by atoms with Crippen LogP contribution in [0, 0.1) is 6.42 Å². The molecule has 0 spiro atoms. The van der Waals surface area contributed by atoms with Gasteiger partial charge in [-0.1, -0.05) is 0 Å². The van der Waals surface area contributed by atoms with Crippen molar-refractivity contribution in [2.24, 2.45) is 0 Å². The molecule has 1 aliphatic rings. The summed E-state index contributed by atoms with van der Waals surface area (Å²) >= 11 is 0. The maximum absolute atomic E-state index is 11.8. The highest BCUT2D eigenvalue weighted by Gasteiger charge is 2.18. The van der Waals surface area contributed by atoms with E-state index >= 15 is 0 Å². The predicted molar refractivity (Wildman–Crippen MR) is 51.5 cm³/mol. The lowest BCUT2D eigenvalue weighted by atomic mass is 10.1. The highest BCUT2D eigenvalue weighted by Crippen LogP contribution is 2.10. The Morgan fingerprint density at radius 1 is 1.29 bits per heavy atom. The molecule has 2 heterocycles. The Morgan fingerprint density at radius 2 is 2.07 bits per heavy atom. The molecule has 1 aliphatic heterocycles. The number of hydrogen-bond donors (Lipinski definition) is 0. The Kier molecular flexibility index (Phi) is 2.72. The number of rotatable bonds is 1. The van der Waals surface area contributed by atoms with Crippen LogP contribution in [-0.4, -0.2) is 33.9 Å². The van der Waals surface area contributed by atoms with E-state index in [1.807, 2.05) is 4.90 Å². The molecule has 73 valence electrons. The zero-order valence-corrected chi connectivity index (χ0v) is 7.89. The number of piperidine rings is 1. The Morgan fingerprint density at radius 3 is 2.71 bits per heavy atom. The molecule has 2 rings (SSSR count). The van der Waals surface area contributed by atoms with Gasteiger partial charge in [-0.3, -0.25) is 9.78 Å². The molecule has 0 atom stereocenters. The number of likely N-dealkylation sites (tertiary alicyclic amines) is 1. The van der Waals surface area contributed by atoms with Gasteiger partial charge >= 0.3 is 0 Å². The van der Waals surface area contributed by atoms with Crippen molar-refractivity contribution >= 4 is 5.91 Å².